The number of fused-ring (bicyclic) bond motifs is 1. The summed E-state index contributed by atoms with van der Waals surface area (Å²) in [5, 5.41) is 0. The molecule has 3 heteroatoms. The third-order valence-corrected chi connectivity index (χ3v) is 4.25. The van der Waals surface area contributed by atoms with Crippen LogP contribution in [-0.4, -0.2) is 13.1 Å². The number of methoxy groups -OCH3 is 1. The lowest BCUT2D eigenvalue weighted by molar-refractivity contribution is 0.0606. The Hall–Kier alpha value is -1.09. The molecule has 0 saturated carbocycles. The Morgan fingerprint density at radius 1 is 1.53 bits per heavy atom. The molecule has 0 bridgehead atoms. The number of thiophene rings is 1. The number of carbonyl (C=O) groups excluding carboxylic acids is 1. The highest BCUT2D eigenvalue weighted by atomic mass is 32.1. The van der Waals surface area contributed by atoms with Crippen LogP contribution >= 0.6 is 11.3 Å². The summed E-state index contributed by atoms with van der Waals surface area (Å²) >= 11 is 1.59. The van der Waals surface area contributed by atoms with E-state index in [2.05, 4.69) is 13.0 Å². The van der Waals surface area contributed by atoms with Gasteiger partial charge in [0.2, 0.25) is 0 Å². The monoisotopic (exact) mass is 250 g/mol. The maximum Gasteiger partial charge on any atom is 0.348 e. The molecule has 0 saturated heterocycles. The van der Waals surface area contributed by atoms with Crippen molar-refractivity contribution < 1.29 is 9.53 Å². The van der Waals surface area contributed by atoms with Crippen LogP contribution in [0.2, 0.25) is 0 Å². The molecular weight excluding hydrogens is 232 g/mol. The highest BCUT2D eigenvalue weighted by molar-refractivity contribution is 7.14. The molecule has 0 fully saturated rings. The standard InChI is InChI=1S/C14H18O2S/c1-3-4-6-10-7-5-8-12-11(10)9-13(17-12)14(15)16-2/h6,9H,3-5,7-8H2,1-2H3. The summed E-state index contributed by atoms with van der Waals surface area (Å²) in [5.41, 5.74) is 2.70. The minimum atomic E-state index is -0.209. The minimum absolute atomic E-state index is 0.209. The second kappa shape index (κ2) is 5.50. The second-order valence-corrected chi connectivity index (χ2v) is 5.45. The van der Waals surface area contributed by atoms with Crippen LogP contribution in [-0.2, 0) is 11.2 Å². The van der Waals surface area contributed by atoms with Crippen LogP contribution in [0.5, 0.6) is 0 Å². The molecular formula is C14H18O2S. The summed E-state index contributed by atoms with van der Waals surface area (Å²) < 4.78 is 4.78. The van der Waals surface area contributed by atoms with E-state index in [1.807, 2.05) is 6.07 Å². The maximum absolute atomic E-state index is 11.5. The molecule has 17 heavy (non-hydrogen) atoms. The number of carbonyl (C=O) groups is 1. The molecule has 0 aliphatic heterocycles. The van der Waals surface area contributed by atoms with Gasteiger partial charge in [0.1, 0.15) is 4.88 Å². The Balaban J connectivity index is 2.31. The molecule has 1 aliphatic rings. The first-order chi connectivity index (χ1) is 8.26. The average molecular weight is 250 g/mol. The summed E-state index contributed by atoms with van der Waals surface area (Å²) in [7, 11) is 1.44. The number of allylic oxidation sites excluding steroid dienone is 2. The molecule has 0 amide bonds. The first kappa shape index (κ1) is 12.4. The van der Waals surface area contributed by atoms with Crippen LogP contribution in [0.4, 0.5) is 0 Å². The van der Waals surface area contributed by atoms with E-state index in [0.29, 0.717) is 0 Å². The highest BCUT2D eigenvalue weighted by Crippen LogP contribution is 2.37. The number of aryl methyl sites for hydroxylation is 1. The summed E-state index contributed by atoms with van der Waals surface area (Å²) in [4.78, 5) is 13.6. The molecule has 1 aromatic heterocycles. The van der Waals surface area contributed by atoms with Gasteiger partial charge in [-0.05, 0) is 42.9 Å². The summed E-state index contributed by atoms with van der Waals surface area (Å²) in [6, 6.07) is 2.01. The lowest BCUT2D eigenvalue weighted by atomic mass is 9.92. The molecule has 2 nitrogen and oxygen atoms in total. The maximum atomic E-state index is 11.5. The molecule has 2 rings (SSSR count). The molecule has 0 radical (unpaired) electrons. The van der Waals surface area contributed by atoms with Gasteiger partial charge in [-0.2, -0.15) is 0 Å². The van der Waals surface area contributed by atoms with E-state index < -0.39 is 0 Å². The third-order valence-electron chi connectivity index (χ3n) is 3.07. The van der Waals surface area contributed by atoms with Gasteiger partial charge >= 0.3 is 5.97 Å². The van der Waals surface area contributed by atoms with Crippen molar-refractivity contribution >= 4 is 22.9 Å². The molecule has 92 valence electrons. The van der Waals surface area contributed by atoms with Gasteiger partial charge in [-0.15, -0.1) is 11.3 Å². The largest absolute Gasteiger partial charge is 0.465 e. The zero-order valence-corrected chi connectivity index (χ0v) is 11.2. The molecule has 0 spiro atoms. The van der Waals surface area contributed by atoms with Crippen molar-refractivity contribution in [3.8, 4) is 0 Å². The number of ether oxygens (including phenoxy) is 1. The smallest absolute Gasteiger partial charge is 0.348 e. The normalized spacial score (nSPS) is 16.9. The molecule has 1 aliphatic carbocycles. The number of hydrogen-bond donors (Lipinski definition) is 0. The van der Waals surface area contributed by atoms with Crippen molar-refractivity contribution in [1.82, 2.24) is 0 Å². The molecule has 0 aromatic carbocycles. The van der Waals surface area contributed by atoms with Gasteiger partial charge in [0.05, 0.1) is 7.11 Å². The zero-order valence-electron chi connectivity index (χ0n) is 10.4. The van der Waals surface area contributed by atoms with Crippen molar-refractivity contribution in [1.29, 1.82) is 0 Å². The number of rotatable bonds is 3. The number of esters is 1. The first-order valence-electron chi connectivity index (χ1n) is 6.16. The zero-order chi connectivity index (χ0) is 12.3. The van der Waals surface area contributed by atoms with Gasteiger partial charge in [0, 0.05) is 4.88 Å². The van der Waals surface area contributed by atoms with Crippen molar-refractivity contribution in [2.24, 2.45) is 0 Å². The SMILES string of the molecule is CCCC=C1CCCc2sc(C(=O)OC)cc21. The Morgan fingerprint density at radius 3 is 3.06 bits per heavy atom. The van der Waals surface area contributed by atoms with Gasteiger partial charge in [0.15, 0.2) is 0 Å². The van der Waals surface area contributed by atoms with E-state index in [-0.39, 0.29) is 5.97 Å². The van der Waals surface area contributed by atoms with Crippen LogP contribution in [0.15, 0.2) is 12.1 Å². The lowest BCUT2D eigenvalue weighted by Gasteiger charge is -2.14. The summed E-state index contributed by atoms with van der Waals surface area (Å²) in [5.74, 6) is -0.209. The lowest BCUT2D eigenvalue weighted by Crippen LogP contribution is -1.98. The van der Waals surface area contributed by atoms with Crippen molar-refractivity contribution in [2.45, 2.75) is 39.0 Å². The number of hydrogen-bond acceptors (Lipinski definition) is 3. The van der Waals surface area contributed by atoms with Crippen molar-refractivity contribution in [3.63, 3.8) is 0 Å². The first-order valence-corrected chi connectivity index (χ1v) is 6.98. The predicted octanol–water partition coefficient (Wildman–Crippen LogP) is 4.05. The van der Waals surface area contributed by atoms with Crippen molar-refractivity contribution in [3.05, 3.63) is 27.5 Å². The van der Waals surface area contributed by atoms with E-state index in [9.17, 15) is 4.79 Å². The van der Waals surface area contributed by atoms with Gasteiger partial charge in [0.25, 0.3) is 0 Å². The summed E-state index contributed by atoms with van der Waals surface area (Å²) in [6.45, 7) is 2.19. The van der Waals surface area contributed by atoms with E-state index in [1.165, 1.54) is 36.0 Å². The fourth-order valence-corrected chi connectivity index (χ4v) is 3.35. The topological polar surface area (TPSA) is 26.3 Å². The number of unbranched alkanes of at least 4 members (excludes halogenated alkanes) is 1. The van der Waals surface area contributed by atoms with E-state index in [1.54, 1.807) is 11.3 Å². The van der Waals surface area contributed by atoms with E-state index >= 15 is 0 Å². The average Bonchev–Trinajstić information content (AvgIpc) is 2.79. The molecule has 0 atom stereocenters. The molecule has 1 heterocycles. The summed E-state index contributed by atoms with van der Waals surface area (Å²) in [6.07, 6.45) is 8.06. The second-order valence-electron chi connectivity index (χ2n) is 4.31. The predicted molar refractivity (Wildman–Crippen MR) is 71.5 cm³/mol. The van der Waals surface area contributed by atoms with Crippen LogP contribution in [0, 0.1) is 0 Å². The van der Waals surface area contributed by atoms with Gasteiger partial charge < -0.3 is 4.74 Å². The molecule has 0 N–H and O–H groups in total. The van der Waals surface area contributed by atoms with Crippen LogP contribution in [0.3, 0.4) is 0 Å². The van der Waals surface area contributed by atoms with Crippen LogP contribution in [0.25, 0.3) is 5.57 Å². The van der Waals surface area contributed by atoms with Gasteiger partial charge in [-0.25, -0.2) is 4.79 Å². The van der Waals surface area contributed by atoms with Crippen molar-refractivity contribution in [2.75, 3.05) is 7.11 Å². The van der Waals surface area contributed by atoms with Gasteiger partial charge in [-0.1, -0.05) is 19.4 Å². The Bertz CT molecular complexity index is 443. The quantitative estimate of drug-likeness (QED) is 0.756. The third kappa shape index (κ3) is 2.60. The van der Waals surface area contributed by atoms with E-state index in [0.717, 1.165) is 24.1 Å². The Labute approximate surface area is 106 Å². The van der Waals surface area contributed by atoms with E-state index in [4.69, 9.17) is 4.74 Å². The molecule has 0 unspecified atom stereocenters. The Kier molecular flexibility index (Phi) is 4.00. The van der Waals surface area contributed by atoms with Crippen LogP contribution in [0.1, 0.15) is 52.7 Å². The Morgan fingerprint density at radius 2 is 2.35 bits per heavy atom. The molecule has 1 aromatic rings. The van der Waals surface area contributed by atoms with Gasteiger partial charge in [-0.3, -0.25) is 0 Å². The fourth-order valence-electron chi connectivity index (χ4n) is 2.19. The fraction of sp³-hybridized carbons (Fsp3) is 0.500. The van der Waals surface area contributed by atoms with Crippen LogP contribution < -0.4 is 0 Å². The highest BCUT2D eigenvalue weighted by Gasteiger charge is 2.20. The minimum Gasteiger partial charge on any atom is -0.465 e.